The second-order valence-electron chi connectivity index (χ2n) is 9.85. The van der Waals surface area contributed by atoms with E-state index >= 15 is 0 Å². The molecule has 0 bridgehead atoms. The van der Waals surface area contributed by atoms with Crippen molar-refractivity contribution in [1.29, 1.82) is 0 Å². The maximum absolute atomic E-state index is 13.1. The molecule has 0 atom stereocenters. The number of hydrogen-bond acceptors (Lipinski definition) is 6. The summed E-state index contributed by atoms with van der Waals surface area (Å²) in [5.74, 6) is 2.40. The van der Waals surface area contributed by atoms with E-state index in [4.69, 9.17) is 9.73 Å². The zero-order valence-corrected chi connectivity index (χ0v) is 21.4. The van der Waals surface area contributed by atoms with Gasteiger partial charge in [-0.3, -0.25) is 9.79 Å². The van der Waals surface area contributed by atoms with Crippen molar-refractivity contribution in [2.75, 3.05) is 32.6 Å². The quantitative estimate of drug-likeness (QED) is 0.638. The number of amides is 1. The molecule has 1 saturated heterocycles. The number of aliphatic imine (C=N–C) groups is 1. The molecular weight excluding hydrogens is 452 g/mol. The van der Waals surface area contributed by atoms with Crippen LogP contribution in [-0.4, -0.2) is 57.3 Å². The summed E-state index contributed by atoms with van der Waals surface area (Å²) < 4.78 is 33.0. The molecule has 1 aromatic rings. The standard InChI is InChI=1S/C25H36N4O4S/c1-17-5-7-19(8-6-17)23-27-24(30)25(28-23)10-12-29(13-11-25)34(31,32)14-9-21-18(2)15-20(26-3)16-22(21)33-4/h9,14-17,19,26H,5-8,10-13H2,1-4H3,(H,27,28,30). The number of benzene rings is 1. The van der Waals surface area contributed by atoms with Crippen molar-refractivity contribution in [2.45, 2.75) is 57.9 Å². The highest BCUT2D eigenvalue weighted by molar-refractivity contribution is 7.92. The molecule has 3 aliphatic rings. The van der Waals surface area contributed by atoms with Gasteiger partial charge in [-0.2, -0.15) is 4.31 Å². The molecule has 1 aliphatic carbocycles. The van der Waals surface area contributed by atoms with E-state index in [-0.39, 0.29) is 19.0 Å². The molecule has 8 nitrogen and oxygen atoms in total. The third-order valence-electron chi connectivity index (χ3n) is 7.57. The highest BCUT2D eigenvalue weighted by Gasteiger charge is 2.48. The van der Waals surface area contributed by atoms with Gasteiger partial charge in [0.05, 0.1) is 7.11 Å². The highest BCUT2D eigenvalue weighted by atomic mass is 32.2. The number of carbonyl (C=O) groups is 1. The van der Waals surface area contributed by atoms with Gasteiger partial charge in [-0.25, -0.2) is 8.42 Å². The van der Waals surface area contributed by atoms with Crippen LogP contribution in [0.4, 0.5) is 5.69 Å². The SMILES string of the molecule is CNc1cc(C)c(C=CS(=O)(=O)N2CCC3(CC2)N=C(C2CCC(C)CC2)NC3=O)c(OC)c1. The summed E-state index contributed by atoms with van der Waals surface area (Å²) in [6.07, 6.45) is 6.82. The molecule has 2 heterocycles. The van der Waals surface area contributed by atoms with Crippen LogP contribution in [-0.2, 0) is 14.8 Å². The Hall–Kier alpha value is -2.39. The van der Waals surface area contributed by atoms with E-state index in [1.54, 1.807) is 13.2 Å². The maximum atomic E-state index is 13.1. The van der Waals surface area contributed by atoms with Crippen LogP contribution in [0.3, 0.4) is 0 Å². The molecule has 2 aliphatic heterocycles. The molecule has 186 valence electrons. The van der Waals surface area contributed by atoms with Crippen molar-refractivity contribution in [1.82, 2.24) is 9.62 Å². The van der Waals surface area contributed by atoms with E-state index in [0.717, 1.165) is 54.3 Å². The number of carbonyl (C=O) groups excluding carboxylic acids is 1. The summed E-state index contributed by atoms with van der Waals surface area (Å²) in [5, 5.41) is 7.35. The molecule has 9 heteroatoms. The Labute approximate surface area is 202 Å². The minimum absolute atomic E-state index is 0.0707. The summed E-state index contributed by atoms with van der Waals surface area (Å²) in [7, 11) is -0.249. The Morgan fingerprint density at radius 2 is 1.88 bits per heavy atom. The van der Waals surface area contributed by atoms with E-state index < -0.39 is 15.6 Å². The van der Waals surface area contributed by atoms with Gasteiger partial charge < -0.3 is 15.4 Å². The normalized spacial score (nSPS) is 25.4. The van der Waals surface area contributed by atoms with Gasteiger partial charge in [-0.15, -0.1) is 0 Å². The zero-order chi connectivity index (χ0) is 24.5. The molecule has 1 spiro atoms. The van der Waals surface area contributed by atoms with Gasteiger partial charge in [0.25, 0.3) is 5.91 Å². The average molecular weight is 489 g/mol. The number of methoxy groups -OCH3 is 1. The van der Waals surface area contributed by atoms with Crippen LogP contribution < -0.4 is 15.4 Å². The van der Waals surface area contributed by atoms with Crippen molar-refractivity contribution < 1.29 is 17.9 Å². The predicted molar refractivity (Wildman–Crippen MR) is 135 cm³/mol. The second-order valence-corrected chi connectivity index (χ2v) is 11.7. The van der Waals surface area contributed by atoms with E-state index in [2.05, 4.69) is 17.6 Å². The van der Waals surface area contributed by atoms with Gasteiger partial charge in [0.2, 0.25) is 10.0 Å². The summed E-state index contributed by atoms with van der Waals surface area (Å²) in [6, 6.07) is 3.78. The number of amidine groups is 1. The number of rotatable bonds is 6. The van der Waals surface area contributed by atoms with Crippen molar-refractivity contribution in [3.63, 3.8) is 0 Å². The first-order valence-electron chi connectivity index (χ1n) is 12.1. The number of sulfonamides is 1. The van der Waals surface area contributed by atoms with Crippen LogP contribution in [0.2, 0.25) is 0 Å². The van der Waals surface area contributed by atoms with Crippen molar-refractivity contribution >= 4 is 33.5 Å². The summed E-state index contributed by atoms with van der Waals surface area (Å²) in [6.45, 7) is 4.73. The summed E-state index contributed by atoms with van der Waals surface area (Å²) in [4.78, 5) is 17.7. The van der Waals surface area contributed by atoms with Crippen LogP contribution in [0.15, 0.2) is 22.5 Å². The molecule has 34 heavy (non-hydrogen) atoms. The van der Waals surface area contributed by atoms with E-state index in [1.165, 1.54) is 9.71 Å². The van der Waals surface area contributed by atoms with Gasteiger partial charge in [0.1, 0.15) is 17.1 Å². The van der Waals surface area contributed by atoms with Crippen molar-refractivity contribution in [2.24, 2.45) is 16.8 Å². The van der Waals surface area contributed by atoms with E-state index in [9.17, 15) is 13.2 Å². The lowest BCUT2D eigenvalue weighted by atomic mass is 9.82. The topological polar surface area (TPSA) is 100 Å². The van der Waals surface area contributed by atoms with Crippen LogP contribution in [0.1, 0.15) is 56.6 Å². The number of ether oxygens (including phenoxy) is 1. The minimum atomic E-state index is -3.64. The fraction of sp³-hybridized carbons (Fsp3) is 0.600. The lowest BCUT2D eigenvalue weighted by Gasteiger charge is -2.34. The van der Waals surface area contributed by atoms with Gasteiger partial charge in [0.15, 0.2) is 0 Å². The fourth-order valence-corrected chi connectivity index (χ4v) is 6.42. The number of piperidine rings is 1. The Morgan fingerprint density at radius 3 is 2.50 bits per heavy atom. The Kier molecular flexibility index (Phi) is 7.05. The maximum Gasteiger partial charge on any atom is 0.253 e. The molecule has 0 radical (unpaired) electrons. The monoisotopic (exact) mass is 488 g/mol. The summed E-state index contributed by atoms with van der Waals surface area (Å²) in [5.41, 5.74) is 1.71. The summed E-state index contributed by atoms with van der Waals surface area (Å²) >= 11 is 0. The number of anilines is 1. The van der Waals surface area contributed by atoms with Crippen LogP contribution in [0.5, 0.6) is 5.75 Å². The second kappa shape index (κ2) is 9.70. The highest BCUT2D eigenvalue weighted by Crippen LogP contribution is 2.36. The van der Waals surface area contributed by atoms with Gasteiger partial charge in [-0.05, 0) is 56.2 Å². The predicted octanol–water partition coefficient (Wildman–Crippen LogP) is 3.54. The van der Waals surface area contributed by atoms with E-state index in [0.29, 0.717) is 24.5 Å². The third-order valence-corrected chi connectivity index (χ3v) is 9.14. The first-order valence-corrected chi connectivity index (χ1v) is 13.6. The number of hydrogen-bond donors (Lipinski definition) is 2. The number of aryl methyl sites for hydroxylation is 1. The zero-order valence-electron chi connectivity index (χ0n) is 20.6. The van der Waals surface area contributed by atoms with Crippen molar-refractivity contribution in [3.8, 4) is 5.75 Å². The average Bonchev–Trinajstić information content (AvgIpc) is 3.13. The third kappa shape index (κ3) is 4.86. The Balaban J connectivity index is 1.45. The molecule has 1 amide bonds. The molecular formula is C25H36N4O4S. The molecule has 4 rings (SSSR count). The molecule has 1 saturated carbocycles. The molecule has 2 fully saturated rings. The smallest absolute Gasteiger partial charge is 0.253 e. The van der Waals surface area contributed by atoms with Gasteiger partial charge in [-0.1, -0.05) is 19.8 Å². The Bertz CT molecular complexity index is 1100. The lowest BCUT2D eigenvalue weighted by Crippen LogP contribution is -2.50. The molecule has 1 aromatic carbocycles. The van der Waals surface area contributed by atoms with E-state index in [1.807, 2.05) is 26.1 Å². The Morgan fingerprint density at radius 1 is 1.21 bits per heavy atom. The molecule has 2 N–H and O–H groups in total. The number of nitrogens with one attached hydrogen (secondary N) is 2. The first kappa shape index (κ1) is 24.7. The van der Waals surface area contributed by atoms with Crippen molar-refractivity contribution in [3.05, 3.63) is 28.7 Å². The minimum Gasteiger partial charge on any atom is -0.496 e. The van der Waals surface area contributed by atoms with Crippen LogP contribution >= 0.6 is 0 Å². The fourth-order valence-electron chi connectivity index (χ4n) is 5.25. The first-order chi connectivity index (χ1) is 16.2. The molecule has 0 unspecified atom stereocenters. The van der Waals surface area contributed by atoms with Crippen LogP contribution in [0, 0.1) is 18.8 Å². The van der Waals surface area contributed by atoms with Gasteiger partial charge >= 0.3 is 0 Å². The largest absolute Gasteiger partial charge is 0.496 e. The molecule has 0 aromatic heterocycles. The van der Waals surface area contributed by atoms with Gasteiger partial charge in [0, 0.05) is 48.8 Å². The van der Waals surface area contributed by atoms with Crippen LogP contribution in [0.25, 0.3) is 6.08 Å². The number of nitrogens with zero attached hydrogens (tertiary/aromatic N) is 2. The lowest BCUT2D eigenvalue weighted by molar-refractivity contribution is -0.124.